The van der Waals surface area contributed by atoms with Crippen molar-refractivity contribution >= 4 is 56.4 Å². The Balaban J connectivity index is -0.000000242. The average Bonchev–Trinajstić information content (AvgIpc) is 3.02. The molecular weight excluding hydrogens is 1240 g/mol. The minimum atomic E-state index is -5.80. The molecule has 0 bridgehead atoms. The first-order valence-corrected chi connectivity index (χ1v) is 39.4. The van der Waals surface area contributed by atoms with Crippen molar-refractivity contribution in [1.82, 2.24) is 0 Å². The van der Waals surface area contributed by atoms with Gasteiger partial charge in [0, 0.05) is 19.6 Å². The second-order valence-electron chi connectivity index (χ2n) is 23.1. The molecule has 0 radical (unpaired) electrons. The van der Waals surface area contributed by atoms with Gasteiger partial charge in [0.2, 0.25) is 0 Å². The number of esters is 4. The molecule has 0 aromatic heterocycles. The van der Waals surface area contributed by atoms with Crippen LogP contribution in [-0.4, -0.2) is 139 Å². The van der Waals surface area contributed by atoms with E-state index in [1.165, 1.54) is 50.3 Å². The summed E-state index contributed by atoms with van der Waals surface area (Å²) in [5, 5.41) is 0. The summed E-state index contributed by atoms with van der Waals surface area (Å²) in [6.45, 7) is 43.6. The number of hydrogen-bond donors (Lipinski definition) is 0. The molecule has 17 nitrogen and oxygen atoms in total. The fourth-order valence-electron chi connectivity index (χ4n) is 7.14. The van der Waals surface area contributed by atoms with E-state index in [2.05, 4.69) is 51.7 Å². The summed E-state index contributed by atoms with van der Waals surface area (Å²) in [7, 11) is -8.94. The molecule has 0 saturated carbocycles. The maximum absolute atomic E-state index is 12.1. The number of benzene rings is 1. The van der Waals surface area contributed by atoms with Gasteiger partial charge in [-0.2, -0.15) is 13.2 Å². The Morgan fingerprint density at radius 3 is 1.42 bits per heavy atom. The molecule has 7 unspecified atom stereocenters. The molecule has 522 valence electrons. The van der Waals surface area contributed by atoms with Crippen molar-refractivity contribution in [3.63, 3.8) is 0 Å². The maximum Gasteiger partial charge on any atom is 1.00 e. The quantitative estimate of drug-likeness (QED) is 0.0196. The van der Waals surface area contributed by atoms with Crippen LogP contribution in [0.15, 0.2) is 24.3 Å². The van der Waals surface area contributed by atoms with Crippen LogP contribution in [0.1, 0.15) is 217 Å². The van der Waals surface area contributed by atoms with Gasteiger partial charge in [-0.15, -0.1) is 0 Å². The Morgan fingerprint density at radius 2 is 1.00 bits per heavy atom. The summed E-state index contributed by atoms with van der Waals surface area (Å²) in [6, 6.07) is 7.99. The second-order valence-corrected chi connectivity index (χ2v) is 33.5. The van der Waals surface area contributed by atoms with Crippen molar-refractivity contribution in [2.24, 2.45) is 29.6 Å². The molecule has 1 aliphatic rings. The Hall–Kier alpha value is -1.82. The smallest absolute Gasteiger partial charge is 0.534 e. The Bertz CT molecular complexity index is 2040. The third kappa shape index (κ3) is 53.2. The number of sulfonamides is 1. The van der Waals surface area contributed by atoms with Crippen LogP contribution in [0.2, 0.25) is 38.3 Å². The Kier molecular flexibility index (Phi) is 63.6. The van der Waals surface area contributed by atoms with Crippen LogP contribution in [0.3, 0.4) is 0 Å². The molecule has 89 heavy (non-hydrogen) atoms. The van der Waals surface area contributed by atoms with E-state index < -0.39 is 38.1 Å². The monoisotopic (exact) mass is 1360 g/mol. The summed E-state index contributed by atoms with van der Waals surface area (Å²) >= 11 is 0. The number of nitrogens with zero attached hydrogens (tertiary/aromatic N) is 1. The van der Waals surface area contributed by atoms with Crippen molar-refractivity contribution in [3.05, 3.63) is 40.1 Å². The van der Waals surface area contributed by atoms with Crippen LogP contribution >= 0.6 is 0 Å². The zero-order chi connectivity index (χ0) is 66.4. The van der Waals surface area contributed by atoms with Gasteiger partial charge >= 0.3 is 80.8 Å². The van der Waals surface area contributed by atoms with Gasteiger partial charge < -0.3 is 51.5 Å². The molecule has 1 fully saturated rings. The Morgan fingerprint density at radius 1 is 0.573 bits per heavy atom. The minimum absolute atomic E-state index is 0. The topological polar surface area (TPSA) is 220 Å². The number of rotatable bonds is 40. The zero-order valence-electron chi connectivity index (χ0n) is 57.3. The molecule has 0 spiro atoms. The van der Waals surface area contributed by atoms with Crippen LogP contribution in [0.5, 0.6) is 0 Å². The molecule has 24 heteroatoms. The van der Waals surface area contributed by atoms with E-state index in [1.54, 1.807) is 12.1 Å². The van der Waals surface area contributed by atoms with E-state index in [-0.39, 0.29) is 125 Å². The van der Waals surface area contributed by atoms with Crippen molar-refractivity contribution in [2.75, 3.05) is 72.7 Å². The molecule has 1 aromatic carbocycles. The zero-order valence-corrected chi connectivity index (χ0v) is 63.2. The third-order valence-corrected chi connectivity index (χ3v) is 22.7. The van der Waals surface area contributed by atoms with Crippen LogP contribution in [0.25, 0.3) is 4.72 Å². The number of ether oxygens (including phenoxy) is 8. The fourth-order valence-corrected chi connectivity index (χ4v) is 16.6. The van der Waals surface area contributed by atoms with Crippen LogP contribution < -0.4 is 51.4 Å². The second kappa shape index (κ2) is 57.6. The van der Waals surface area contributed by atoms with Gasteiger partial charge in [0.25, 0.3) is 0 Å². The van der Waals surface area contributed by atoms with E-state index in [9.17, 15) is 45.6 Å². The number of carbonyl (C=O) groups excluding carboxylic acids is 5. The van der Waals surface area contributed by atoms with E-state index in [1.807, 2.05) is 76.2 Å². The summed E-state index contributed by atoms with van der Waals surface area (Å²) in [5.74, 6) is -0.942. The third-order valence-electron chi connectivity index (χ3n) is 14.2. The predicted octanol–water partition coefficient (Wildman–Crippen LogP) is 13.8. The summed E-state index contributed by atoms with van der Waals surface area (Å²) < 4.78 is 108. The summed E-state index contributed by atoms with van der Waals surface area (Å²) in [5.41, 5.74) is -4.87. The SMILES string of the molecule is C.C.CCC(C)C(=O)OCCCOCC1CO1.CCC(C)c1ccc(C(=O)[N-]S(=O)(=O)C(F)(F)F)cc1.CCCCC(CC)COC(=O)C(C)CC.CCCC[Si](C)(C)O[Si](C)(C)CCCOC(=O)C(C)CC.CCOCCOCCOC(=O)C(C)CC.[K+]. The number of epoxide rings is 1. The molecule has 1 saturated heterocycles. The van der Waals surface area contributed by atoms with Gasteiger partial charge in [-0.25, -0.2) is 8.42 Å². The molecule has 0 N–H and O–H groups in total. The molecule has 7 atom stereocenters. The van der Waals surface area contributed by atoms with E-state index in [0.717, 1.165) is 69.6 Å². The number of amides is 1. The number of hydrogen-bond acceptors (Lipinski definition) is 16. The molecule has 1 aromatic rings. The van der Waals surface area contributed by atoms with E-state index >= 15 is 0 Å². The van der Waals surface area contributed by atoms with Gasteiger partial charge in [0.05, 0.1) is 82.4 Å². The van der Waals surface area contributed by atoms with Crippen LogP contribution in [-0.2, 0) is 71.2 Å². The van der Waals surface area contributed by atoms with Crippen molar-refractivity contribution < 1.29 is 139 Å². The van der Waals surface area contributed by atoms with E-state index in [0.29, 0.717) is 78.1 Å². The van der Waals surface area contributed by atoms with Gasteiger partial charge in [0.1, 0.15) is 12.7 Å². The maximum atomic E-state index is 12.1. The summed E-state index contributed by atoms with van der Waals surface area (Å²) in [4.78, 5) is 56.9. The van der Waals surface area contributed by atoms with Gasteiger partial charge in [0.15, 0.2) is 26.7 Å². The number of carbonyl (C=O) groups is 5. The molecule has 0 aliphatic carbocycles. The van der Waals surface area contributed by atoms with E-state index in [4.69, 9.17) is 42.0 Å². The number of halogens is 3. The Labute approximate surface area is 584 Å². The summed E-state index contributed by atoms with van der Waals surface area (Å²) in [6.07, 6.45) is 13.5. The van der Waals surface area contributed by atoms with Crippen molar-refractivity contribution in [3.8, 4) is 0 Å². The van der Waals surface area contributed by atoms with Crippen LogP contribution in [0, 0.1) is 29.6 Å². The predicted molar refractivity (Wildman–Crippen MR) is 354 cm³/mol. The molecule has 2 rings (SSSR count). The molecule has 1 heterocycles. The van der Waals surface area contributed by atoms with Crippen molar-refractivity contribution in [2.45, 2.75) is 251 Å². The number of unbranched alkanes of at least 4 members (excludes halogenated alkanes) is 2. The minimum Gasteiger partial charge on any atom is -0.534 e. The standard InChI is InChI=1S/C16H36O3Si2.C13H26O2.C12H14F3NO3S.C11H20O4.C11H22O4.2CH4.K/c1-8-10-13-20(4,5)19-21(6,7)14-11-12-18-16(17)15(3)9-2;1-5-8-9-12(7-3)10-15-13(14)11(4)6-2;1-3-8(2)9-4-6-10(7-5-9)11(17)16-20(18,19)12(13,14)15;1-3-9(2)11(12)14-6-4-5-13-7-10-8-15-10;1-4-10(3)11(12)15-9-8-14-7-6-13-5-2;;;/h15H,8-14H2,1-7H3;11-12H,5-10H2,1-4H3;4-8H,3H2,1-2H3,(H,16,17);9-10H,3-8H2,1-2H3;10H,4-9H2,1-3H3;2*1H4;/q;;;;;;;+1/p-1. The normalized spacial score (nSPS) is 14.6. The molecule has 1 amide bonds. The van der Waals surface area contributed by atoms with Gasteiger partial charge in [-0.05, 0) is 113 Å². The molecule has 1 aliphatic heterocycles. The number of alkyl halides is 3. The fraction of sp³-hybridized carbons (Fsp3) is 0.831. The first-order chi connectivity index (χ1) is 40.3. The van der Waals surface area contributed by atoms with Gasteiger partial charge in [-0.3, -0.25) is 19.2 Å². The largest absolute Gasteiger partial charge is 1.00 e. The van der Waals surface area contributed by atoms with Crippen molar-refractivity contribution in [1.29, 1.82) is 0 Å². The average molecular weight is 1360 g/mol. The van der Waals surface area contributed by atoms with Gasteiger partial charge in [-0.1, -0.05) is 161 Å². The molecular formula is C65H125F3KNO16SSi2. The first-order valence-electron chi connectivity index (χ1n) is 31.7. The van der Waals surface area contributed by atoms with Crippen LogP contribution in [0.4, 0.5) is 13.2 Å². The first kappa shape index (κ1) is 98.2.